The summed E-state index contributed by atoms with van der Waals surface area (Å²) in [6, 6.07) is 9.82. The SMILES string of the molecule is COCCn1c(SCC(=O)Nc2cc(C(C)C)no2)nnc1-c1cccc(C)c1. The second-order valence-electron chi connectivity index (χ2n) is 6.93. The highest BCUT2D eigenvalue weighted by Crippen LogP contribution is 2.25. The predicted octanol–water partition coefficient (Wildman–Crippen LogP) is 3.74. The van der Waals surface area contributed by atoms with Gasteiger partial charge in [0, 0.05) is 18.7 Å². The first-order valence-electron chi connectivity index (χ1n) is 9.36. The van der Waals surface area contributed by atoms with Gasteiger partial charge in [-0.2, -0.15) is 0 Å². The standard InChI is InChI=1S/C20H25N5O3S/c1-13(2)16-11-18(28-24-16)21-17(26)12-29-20-23-22-19(25(20)8-9-27-4)15-7-5-6-14(3)10-15/h5-7,10-11,13H,8-9,12H2,1-4H3,(H,21,26). The Hall–Kier alpha value is -2.65. The maximum atomic E-state index is 12.3. The zero-order valence-electron chi connectivity index (χ0n) is 17.0. The predicted molar refractivity (Wildman–Crippen MR) is 112 cm³/mol. The number of aromatic nitrogens is 4. The van der Waals surface area contributed by atoms with Crippen LogP contribution in [0.25, 0.3) is 11.4 Å². The first-order valence-corrected chi connectivity index (χ1v) is 10.3. The molecule has 1 aromatic carbocycles. The van der Waals surface area contributed by atoms with E-state index in [2.05, 4.69) is 26.7 Å². The number of hydrogen-bond donors (Lipinski definition) is 1. The Morgan fingerprint density at radius 1 is 1.31 bits per heavy atom. The number of ether oxygens (including phenoxy) is 1. The topological polar surface area (TPSA) is 95.1 Å². The Morgan fingerprint density at radius 3 is 2.83 bits per heavy atom. The molecule has 9 heteroatoms. The molecule has 29 heavy (non-hydrogen) atoms. The van der Waals surface area contributed by atoms with E-state index in [1.165, 1.54) is 11.8 Å². The highest BCUT2D eigenvalue weighted by Gasteiger charge is 2.17. The lowest BCUT2D eigenvalue weighted by Gasteiger charge is -2.10. The lowest BCUT2D eigenvalue weighted by molar-refractivity contribution is -0.113. The van der Waals surface area contributed by atoms with Gasteiger partial charge in [0.2, 0.25) is 11.8 Å². The monoisotopic (exact) mass is 415 g/mol. The van der Waals surface area contributed by atoms with Gasteiger partial charge in [0.15, 0.2) is 11.0 Å². The van der Waals surface area contributed by atoms with Crippen LogP contribution in [-0.2, 0) is 16.1 Å². The number of nitrogens with zero attached hydrogens (tertiary/aromatic N) is 4. The van der Waals surface area contributed by atoms with E-state index >= 15 is 0 Å². The van der Waals surface area contributed by atoms with E-state index < -0.39 is 0 Å². The third-order valence-electron chi connectivity index (χ3n) is 4.23. The first-order chi connectivity index (χ1) is 14.0. The second-order valence-corrected chi connectivity index (χ2v) is 7.87. The molecule has 2 aromatic heterocycles. The Bertz CT molecular complexity index is 967. The van der Waals surface area contributed by atoms with Crippen molar-refractivity contribution in [1.29, 1.82) is 0 Å². The van der Waals surface area contributed by atoms with E-state index in [-0.39, 0.29) is 17.6 Å². The van der Waals surface area contributed by atoms with Crippen molar-refractivity contribution >= 4 is 23.6 Å². The van der Waals surface area contributed by atoms with E-state index in [9.17, 15) is 4.79 Å². The first kappa shape index (κ1) is 21.1. The summed E-state index contributed by atoms with van der Waals surface area (Å²) in [6.45, 7) is 7.17. The van der Waals surface area contributed by atoms with Crippen LogP contribution < -0.4 is 5.32 Å². The summed E-state index contributed by atoms with van der Waals surface area (Å²) in [7, 11) is 1.65. The van der Waals surface area contributed by atoms with E-state index in [0.29, 0.717) is 24.2 Å². The molecule has 3 rings (SSSR count). The number of carbonyl (C=O) groups is 1. The van der Waals surface area contributed by atoms with Gasteiger partial charge in [0.05, 0.1) is 24.6 Å². The minimum Gasteiger partial charge on any atom is -0.383 e. The van der Waals surface area contributed by atoms with Crippen molar-refractivity contribution in [3.8, 4) is 11.4 Å². The van der Waals surface area contributed by atoms with Gasteiger partial charge in [-0.3, -0.25) is 14.7 Å². The van der Waals surface area contributed by atoms with Crippen molar-refractivity contribution in [2.45, 2.75) is 38.4 Å². The van der Waals surface area contributed by atoms with Gasteiger partial charge in [0.1, 0.15) is 0 Å². The Labute approximate surface area is 174 Å². The van der Waals surface area contributed by atoms with Crippen molar-refractivity contribution in [1.82, 2.24) is 19.9 Å². The molecule has 0 aliphatic heterocycles. The highest BCUT2D eigenvalue weighted by atomic mass is 32.2. The molecule has 0 aliphatic rings. The number of hydrogen-bond acceptors (Lipinski definition) is 7. The summed E-state index contributed by atoms with van der Waals surface area (Å²) >= 11 is 1.32. The van der Waals surface area contributed by atoms with Crippen molar-refractivity contribution in [2.75, 3.05) is 24.8 Å². The number of carbonyl (C=O) groups excluding carboxylic acids is 1. The van der Waals surface area contributed by atoms with Crippen LogP contribution in [-0.4, -0.2) is 45.3 Å². The Morgan fingerprint density at radius 2 is 2.14 bits per heavy atom. The van der Waals surface area contributed by atoms with E-state index in [4.69, 9.17) is 9.26 Å². The van der Waals surface area contributed by atoms with Gasteiger partial charge in [-0.1, -0.05) is 54.5 Å². The molecule has 154 valence electrons. The largest absolute Gasteiger partial charge is 0.383 e. The van der Waals surface area contributed by atoms with Crippen molar-refractivity contribution in [3.63, 3.8) is 0 Å². The summed E-state index contributed by atoms with van der Waals surface area (Å²) in [5.41, 5.74) is 2.92. The zero-order chi connectivity index (χ0) is 20.8. The van der Waals surface area contributed by atoms with Crippen LogP contribution in [0, 0.1) is 6.92 Å². The van der Waals surface area contributed by atoms with Gasteiger partial charge in [0.25, 0.3) is 0 Å². The maximum Gasteiger partial charge on any atom is 0.237 e. The molecule has 1 amide bonds. The fraction of sp³-hybridized carbons (Fsp3) is 0.400. The fourth-order valence-corrected chi connectivity index (χ4v) is 3.47. The molecule has 0 radical (unpaired) electrons. The maximum absolute atomic E-state index is 12.3. The summed E-state index contributed by atoms with van der Waals surface area (Å²) in [5.74, 6) is 1.32. The van der Waals surface area contributed by atoms with Gasteiger partial charge >= 0.3 is 0 Å². The average molecular weight is 416 g/mol. The van der Waals surface area contributed by atoms with Gasteiger partial charge in [-0.25, -0.2) is 0 Å². The molecular formula is C20H25N5O3S. The lowest BCUT2D eigenvalue weighted by atomic mass is 10.1. The Balaban J connectivity index is 1.70. The van der Waals surface area contributed by atoms with Crippen molar-refractivity contribution in [2.24, 2.45) is 0 Å². The fourth-order valence-electron chi connectivity index (χ4n) is 2.70. The van der Waals surface area contributed by atoms with Gasteiger partial charge < -0.3 is 9.26 Å². The van der Waals surface area contributed by atoms with E-state index in [1.807, 2.05) is 43.5 Å². The van der Waals surface area contributed by atoms with Crippen LogP contribution in [0.15, 0.2) is 40.0 Å². The third-order valence-corrected chi connectivity index (χ3v) is 5.19. The van der Waals surface area contributed by atoms with Crippen LogP contribution in [0.4, 0.5) is 5.88 Å². The lowest BCUT2D eigenvalue weighted by Crippen LogP contribution is -2.14. The summed E-state index contributed by atoms with van der Waals surface area (Å²) in [6.07, 6.45) is 0. The molecule has 8 nitrogen and oxygen atoms in total. The number of rotatable bonds is 9. The number of thioether (sulfide) groups is 1. The number of amides is 1. The molecule has 3 aromatic rings. The number of methoxy groups -OCH3 is 1. The minimum atomic E-state index is -0.195. The smallest absolute Gasteiger partial charge is 0.237 e. The third kappa shape index (κ3) is 5.45. The molecule has 0 saturated heterocycles. The van der Waals surface area contributed by atoms with Crippen LogP contribution in [0.3, 0.4) is 0 Å². The van der Waals surface area contributed by atoms with Crippen LogP contribution in [0.1, 0.15) is 31.0 Å². The Kier molecular flexibility index (Phi) is 7.05. The van der Waals surface area contributed by atoms with Crippen LogP contribution in [0.5, 0.6) is 0 Å². The molecule has 0 aliphatic carbocycles. The second kappa shape index (κ2) is 9.71. The number of aryl methyl sites for hydroxylation is 1. The van der Waals surface area contributed by atoms with Crippen molar-refractivity contribution in [3.05, 3.63) is 41.6 Å². The van der Waals surface area contributed by atoms with Gasteiger partial charge in [-0.05, 0) is 18.9 Å². The molecule has 2 heterocycles. The molecule has 0 spiro atoms. The molecule has 0 atom stereocenters. The summed E-state index contributed by atoms with van der Waals surface area (Å²) < 4.78 is 12.4. The molecule has 0 unspecified atom stereocenters. The summed E-state index contributed by atoms with van der Waals surface area (Å²) in [4.78, 5) is 12.3. The zero-order valence-corrected chi connectivity index (χ0v) is 17.8. The molecule has 0 saturated carbocycles. The van der Waals surface area contributed by atoms with E-state index in [0.717, 1.165) is 22.6 Å². The number of nitrogens with one attached hydrogen (secondary N) is 1. The van der Waals surface area contributed by atoms with Gasteiger partial charge in [-0.15, -0.1) is 10.2 Å². The quantitative estimate of drug-likeness (QED) is 0.532. The van der Waals surface area contributed by atoms with Crippen LogP contribution >= 0.6 is 11.8 Å². The molecular weight excluding hydrogens is 390 g/mol. The average Bonchev–Trinajstić information content (AvgIpc) is 3.31. The highest BCUT2D eigenvalue weighted by molar-refractivity contribution is 7.99. The summed E-state index contributed by atoms with van der Waals surface area (Å²) in [5, 5.41) is 16.0. The molecule has 0 fully saturated rings. The molecule has 1 N–H and O–H groups in total. The number of benzene rings is 1. The molecule has 0 bridgehead atoms. The van der Waals surface area contributed by atoms with Crippen molar-refractivity contribution < 1.29 is 14.1 Å². The van der Waals surface area contributed by atoms with Crippen LogP contribution in [0.2, 0.25) is 0 Å². The normalized spacial score (nSPS) is 11.2. The minimum absolute atomic E-state index is 0.177. The van der Waals surface area contributed by atoms with E-state index in [1.54, 1.807) is 13.2 Å². The number of anilines is 1.